The Morgan fingerprint density at radius 1 is 1.00 bits per heavy atom. The summed E-state index contributed by atoms with van der Waals surface area (Å²) in [5.74, 6) is 0. The van der Waals surface area contributed by atoms with Crippen LogP contribution in [0, 0.1) is 0 Å². The second kappa shape index (κ2) is 2.60. The largest absolute Gasteiger partial charge is 0.0830 e. The van der Waals surface area contributed by atoms with Gasteiger partial charge in [-0.05, 0) is 29.5 Å². The molecule has 0 atom stereocenters. The number of hydrogen-bond acceptors (Lipinski definition) is 0. The summed E-state index contributed by atoms with van der Waals surface area (Å²) in [5.41, 5.74) is 4.75. The Morgan fingerprint density at radius 3 is 2.14 bits per heavy atom. The molecule has 0 bridgehead atoms. The number of rotatable bonds is 0. The Kier molecular flexibility index (Phi) is 1.49. The smallest absolute Gasteiger partial charge is 0.000568 e. The predicted octanol–water partition coefficient (Wildman–Crippen LogP) is 3.78. The van der Waals surface area contributed by atoms with E-state index in [1.54, 1.807) is 5.56 Å². The van der Waals surface area contributed by atoms with Crippen molar-refractivity contribution in [3.05, 3.63) is 47.0 Å². The molecule has 0 aromatic heterocycles. The lowest BCUT2D eigenvalue weighted by Gasteiger charge is -2.36. The van der Waals surface area contributed by atoms with Crippen molar-refractivity contribution in [2.75, 3.05) is 0 Å². The topological polar surface area (TPSA) is 0 Å². The molecule has 0 fully saturated rings. The van der Waals surface area contributed by atoms with E-state index in [1.807, 2.05) is 0 Å². The zero-order valence-corrected chi connectivity index (χ0v) is 8.46. The molecule has 0 heterocycles. The van der Waals surface area contributed by atoms with Crippen molar-refractivity contribution >= 4 is 12.2 Å². The molecule has 0 N–H and O–H groups in total. The minimum atomic E-state index is 0.357. The van der Waals surface area contributed by atoms with Crippen molar-refractivity contribution in [2.24, 2.45) is 0 Å². The highest BCUT2D eigenvalue weighted by atomic mass is 14.4. The third kappa shape index (κ3) is 0.942. The SMILES string of the molecule is CC12CC=Cc3cccc(c31)C=CC2. The van der Waals surface area contributed by atoms with Gasteiger partial charge in [0.15, 0.2) is 0 Å². The maximum atomic E-state index is 2.38. The lowest BCUT2D eigenvalue weighted by atomic mass is 9.68. The van der Waals surface area contributed by atoms with Crippen LogP contribution in [0.3, 0.4) is 0 Å². The van der Waals surface area contributed by atoms with Crippen LogP contribution in [0.1, 0.15) is 36.5 Å². The molecule has 2 aliphatic carbocycles. The van der Waals surface area contributed by atoms with Crippen LogP contribution in [0.15, 0.2) is 30.4 Å². The first-order valence-corrected chi connectivity index (χ1v) is 5.26. The van der Waals surface area contributed by atoms with Crippen LogP contribution in [-0.4, -0.2) is 0 Å². The van der Waals surface area contributed by atoms with Crippen molar-refractivity contribution in [3.63, 3.8) is 0 Å². The molecule has 2 aliphatic rings. The summed E-state index contributed by atoms with van der Waals surface area (Å²) in [4.78, 5) is 0. The molecule has 0 saturated carbocycles. The molecule has 0 unspecified atom stereocenters. The molecule has 0 heteroatoms. The Morgan fingerprint density at radius 2 is 1.57 bits per heavy atom. The van der Waals surface area contributed by atoms with Crippen molar-refractivity contribution in [2.45, 2.75) is 25.2 Å². The summed E-state index contributed by atoms with van der Waals surface area (Å²) in [6, 6.07) is 6.61. The first-order valence-electron chi connectivity index (χ1n) is 5.26. The third-order valence-electron chi connectivity index (χ3n) is 3.46. The van der Waals surface area contributed by atoms with Gasteiger partial charge >= 0.3 is 0 Å². The van der Waals surface area contributed by atoms with Gasteiger partial charge in [0.25, 0.3) is 0 Å². The predicted molar refractivity (Wildman–Crippen MR) is 61.1 cm³/mol. The summed E-state index contributed by atoms with van der Waals surface area (Å²) in [6.45, 7) is 2.38. The van der Waals surface area contributed by atoms with E-state index >= 15 is 0 Å². The molecular formula is C14H14. The molecule has 0 aliphatic heterocycles. The van der Waals surface area contributed by atoms with E-state index in [0.29, 0.717) is 5.41 Å². The van der Waals surface area contributed by atoms with E-state index in [1.165, 1.54) is 24.0 Å². The first-order chi connectivity index (χ1) is 6.80. The van der Waals surface area contributed by atoms with Gasteiger partial charge in [-0.1, -0.05) is 49.4 Å². The highest BCUT2D eigenvalue weighted by molar-refractivity contribution is 5.70. The average molecular weight is 182 g/mol. The van der Waals surface area contributed by atoms with Gasteiger partial charge in [-0.15, -0.1) is 0 Å². The fourth-order valence-electron chi connectivity index (χ4n) is 2.74. The number of allylic oxidation sites excluding steroid dienone is 2. The van der Waals surface area contributed by atoms with Gasteiger partial charge in [-0.2, -0.15) is 0 Å². The number of hydrogen-bond donors (Lipinski definition) is 0. The maximum absolute atomic E-state index is 2.38. The standard InChI is InChI=1S/C14H14/c1-14-9-3-7-11-5-2-6-12(13(11)14)8-4-10-14/h2-8H,9-10H2,1H3. The second-order valence-corrected chi connectivity index (χ2v) is 4.59. The third-order valence-corrected chi connectivity index (χ3v) is 3.46. The normalized spacial score (nSPS) is 20.6. The van der Waals surface area contributed by atoms with Crippen LogP contribution in [0.5, 0.6) is 0 Å². The molecule has 0 nitrogen and oxygen atoms in total. The molecule has 1 aromatic rings. The summed E-state index contributed by atoms with van der Waals surface area (Å²) in [6.07, 6.45) is 11.5. The van der Waals surface area contributed by atoms with E-state index in [-0.39, 0.29) is 0 Å². The minimum Gasteiger partial charge on any atom is -0.0830 e. The minimum absolute atomic E-state index is 0.357. The fourth-order valence-corrected chi connectivity index (χ4v) is 2.74. The zero-order chi connectivity index (χ0) is 9.60. The molecule has 1 aromatic carbocycles. The van der Waals surface area contributed by atoms with E-state index in [9.17, 15) is 0 Å². The lowest BCUT2D eigenvalue weighted by Crippen LogP contribution is -2.26. The molecule has 0 radical (unpaired) electrons. The highest BCUT2D eigenvalue weighted by Gasteiger charge is 2.32. The molecule has 3 rings (SSSR count). The summed E-state index contributed by atoms with van der Waals surface area (Å²) >= 11 is 0. The van der Waals surface area contributed by atoms with Gasteiger partial charge < -0.3 is 0 Å². The van der Waals surface area contributed by atoms with Crippen LogP contribution < -0.4 is 0 Å². The van der Waals surface area contributed by atoms with Crippen molar-refractivity contribution < 1.29 is 0 Å². The highest BCUT2D eigenvalue weighted by Crippen LogP contribution is 2.43. The Balaban J connectivity index is 2.36. The fraction of sp³-hybridized carbons (Fsp3) is 0.286. The number of benzene rings is 1. The van der Waals surface area contributed by atoms with E-state index in [4.69, 9.17) is 0 Å². The summed E-state index contributed by atoms with van der Waals surface area (Å²) in [7, 11) is 0. The van der Waals surface area contributed by atoms with Crippen molar-refractivity contribution in [3.8, 4) is 0 Å². The maximum Gasteiger partial charge on any atom is 0.000568 e. The second-order valence-electron chi connectivity index (χ2n) is 4.59. The molecule has 14 heavy (non-hydrogen) atoms. The van der Waals surface area contributed by atoms with Crippen LogP contribution >= 0.6 is 0 Å². The van der Waals surface area contributed by atoms with E-state index in [0.717, 1.165) is 0 Å². The Hall–Kier alpha value is -1.30. The van der Waals surface area contributed by atoms with Gasteiger partial charge in [0.1, 0.15) is 0 Å². The van der Waals surface area contributed by atoms with Crippen LogP contribution in [0.25, 0.3) is 12.2 Å². The zero-order valence-electron chi connectivity index (χ0n) is 8.46. The Bertz CT molecular complexity index is 401. The van der Waals surface area contributed by atoms with Crippen LogP contribution in [0.2, 0.25) is 0 Å². The monoisotopic (exact) mass is 182 g/mol. The van der Waals surface area contributed by atoms with Crippen LogP contribution in [0.4, 0.5) is 0 Å². The van der Waals surface area contributed by atoms with Crippen molar-refractivity contribution in [1.82, 2.24) is 0 Å². The molecular weight excluding hydrogens is 168 g/mol. The van der Waals surface area contributed by atoms with Gasteiger partial charge in [-0.3, -0.25) is 0 Å². The molecule has 70 valence electrons. The van der Waals surface area contributed by atoms with Gasteiger partial charge in [-0.25, -0.2) is 0 Å². The van der Waals surface area contributed by atoms with Crippen molar-refractivity contribution in [1.29, 1.82) is 0 Å². The van der Waals surface area contributed by atoms with E-state index in [2.05, 4.69) is 49.4 Å². The van der Waals surface area contributed by atoms with Gasteiger partial charge in [0, 0.05) is 5.41 Å². The van der Waals surface area contributed by atoms with Gasteiger partial charge in [0.05, 0.1) is 0 Å². The molecule has 0 spiro atoms. The molecule has 0 amide bonds. The quantitative estimate of drug-likeness (QED) is 0.573. The summed E-state index contributed by atoms with van der Waals surface area (Å²) in [5, 5.41) is 0. The van der Waals surface area contributed by atoms with Gasteiger partial charge in [0.2, 0.25) is 0 Å². The summed E-state index contributed by atoms with van der Waals surface area (Å²) < 4.78 is 0. The molecule has 0 saturated heterocycles. The van der Waals surface area contributed by atoms with Crippen LogP contribution in [-0.2, 0) is 5.41 Å². The lowest BCUT2D eigenvalue weighted by molar-refractivity contribution is 0.476. The van der Waals surface area contributed by atoms with E-state index < -0.39 is 0 Å². The average Bonchev–Trinajstić information content (AvgIpc) is 2.18. The Labute approximate surface area is 85.0 Å². The first kappa shape index (κ1) is 8.05.